The number of urea groups is 1. The maximum atomic E-state index is 13.5. The van der Waals surface area contributed by atoms with Crippen LogP contribution in [0.1, 0.15) is 5.56 Å². The van der Waals surface area contributed by atoms with E-state index in [2.05, 4.69) is 0 Å². The van der Waals surface area contributed by atoms with E-state index in [0.717, 1.165) is 24.3 Å². The van der Waals surface area contributed by atoms with Crippen molar-refractivity contribution >= 4 is 35.3 Å². The molecule has 0 aliphatic carbocycles. The lowest BCUT2D eigenvalue weighted by Gasteiger charge is -2.26. The average Bonchev–Trinajstić information content (AvgIpc) is 2.70. The van der Waals surface area contributed by atoms with Gasteiger partial charge in [0, 0.05) is 0 Å². The molecule has 1 saturated heterocycles. The van der Waals surface area contributed by atoms with Crippen molar-refractivity contribution in [3.63, 3.8) is 0 Å². The first kappa shape index (κ1) is 20.5. The first-order valence-corrected chi connectivity index (χ1v) is 8.34. The van der Waals surface area contributed by atoms with Gasteiger partial charge in [-0.25, -0.2) is 14.1 Å². The Kier molecular flexibility index (Phi) is 5.45. The Morgan fingerprint density at radius 3 is 2.37 bits per heavy atom. The molecule has 2 aromatic rings. The highest BCUT2D eigenvalue weighted by molar-refractivity contribution is 6.39. The molecule has 0 bridgehead atoms. The van der Waals surface area contributed by atoms with Crippen LogP contribution in [-0.2, 0) is 9.59 Å². The van der Waals surface area contributed by atoms with Crippen molar-refractivity contribution in [2.45, 2.75) is 0 Å². The number of anilines is 1. The smallest absolute Gasteiger partial charge is 0.335 e. The molecule has 3 rings (SSSR count). The highest BCUT2D eigenvalue weighted by Gasteiger charge is 2.37. The molecule has 0 spiro atoms. The molecule has 1 heterocycles. The summed E-state index contributed by atoms with van der Waals surface area (Å²) in [7, 11) is 2.60. The second-order valence-corrected chi connectivity index (χ2v) is 5.96. The van der Waals surface area contributed by atoms with Crippen LogP contribution in [0.4, 0.5) is 20.6 Å². The second-order valence-electron chi connectivity index (χ2n) is 5.96. The largest absolute Gasteiger partial charge is 0.493 e. The van der Waals surface area contributed by atoms with Crippen LogP contribution in [0.25, 0.3) is 6.08 Å². The summed E-state index contributed by atoms with van der Waals surface area (Å²) in [5.41, 5.74) is -1.27. The molecule has 10 nitrogen and oxygen atoms in total. The van der Waals surface area contributed by atoms with Gasteiger partial charge in [0.15, 0.2) is 11.5 Å². The number of amides is 4. The molecular weight excluding hydrogens is 401 g/mol. The molecule has 0 radical (unpaired) electrons. The molecule has 0 atom stereocenters. The van der Waals surface area contributed by atoms with Gasteiger partial charge in [0.05, 0.1) is 36.5 Å². The molecule has 4 amide bonds. The number of hydrogen-bond acceptors (Lipinski definition) is 7. The first-order valence-electron chi connectivity index (χ1n) is 8.34. The molecule has 0 aromatic heterocycles. The molecule has 11 heteroatoms. The van der Waals surface area contributed by atoms with Gasteiger partial charge >= 0.3 is 6.03 Å². The van der Waals surface area contributed by atoms with Crippen LogP contribution in [0.15, 0.2) is 42.0 Å². The number of nitrogens with zero attached hydrogens (tertiary/aromatic N) is 2. The number of ether oxygens (including phenoxy) is 2. The zero-order valence-corrected chi connectivity index (χ0v) is 15.7. The maximum Gasteiger partial charge on any atom is 0.335 e. The van der Waals surface area contributed by atoms with Crippen molar-refractivity contribution in [2.75, 3.05) is 19.1 Å². The topological polar surface area (TPSA) is 128 Å². The van der Waals surface area contributed by atoms with Gasteiger partial charge in [-0.15, -0.1) is 0 Å². The standard InChI is InChI=1S/C19H14FN3O7/c1-29-15-7-10(14(23(27)28)9-16(15)30-2)6-13-17(24)21-19(26)22(18(13)25)12-5-3-4-11(20)8-12/h3-9H,1-2H3,(H,21,24,26)/b13-6+. The molecule has 1 fully saturated rings. The van der Waals surface area contributed by atoms with E-state index in [1.807, 2.05) is 5.32 Å². The van der Waals surface area contributed by atoms with E-state index >= 15 is 0 Å². The Hall–Kier alpha value is -4.28. The summed E-state index contributed by atoms with van der Waals surface area (Å²) in [6.07, 6.45) is 0.955. The van der Waals surface area contributed by atoms with Crippen LogP contribution in [0.5, 0.6) is 11.5 Å². The molecule has 1 aliphatic rings. The van der Waals surface area contributed by atoms with Crippen LogP contribution in [0.2, 0.25) is 0 Å². The number of rotatable bonds is 5. The number of halogens is 1. The zero-order valence-electron chi connectivity index (χ0n) is 15.7. The van der Waals surface area contributed by atoms with E-state index in [0.29, 0.717) is 4.90 Å². The number of carbonyl (C=O) groups excluding carboxylic acids is 3. The summed E-state index contributed by atoms with van der Waals surface area (Å²) in [6.45, 7) is 0. The number of nitrogens with one attached hydrogen (secondary N) is 1. The van der Waals surface area contributed by atoms with Crippen LogP contribution < -0.4 is 19.7 Å². The second kappa shape index (κ2) is 7.99. The molecule has 2 aromatic carbocycles. The van der Waals surface area contributed by atoms with Crippen molar-refractivity contribution in [3.05, 3.63) is 63.5 Å². The van der Waals surface area contributed by atoms with Gasteiger partial charge < -0.3 is 9.47 Å². The number of methoxy groups -OCH3 is 2. The van der Waals surface area contributed by atoms with Crippen LogP contribution in [-0.4, -0.2) is 37.0 Å². The fourth-order valence-electron chi connectivity index (χ4n) is 2.82. The highest BCUT2D eigenvalue weighted by atomic mass is 19.1. The summed E-state index contributed by atoms with van der Waals surface area (Å²) >= 11 is 0. The third-order valence-electron chi connectivity index (χ3n) is 4.20. The predicted octanol–water partition coefficient (Wildman–Crippen LogP) is 2.42. The van der Waals surface area contributed by atoms with Crippen LogP contribution in [0, 0.1) is 15.9 Å². The number of imide groups is 2. The number of nitro benzene ring substituents is 1. The van der Waals surface area contributed by atoms with E-state index in [1.54, 1.807) is 0 Å². The van der Waals surface area contributed by atoms with Gasteiger partial charge in [-0.05, 0) is 30.3 Å². The monoisotopic (exact) mass is 415 g/mol. The molecule has 1 aliphatic heterocycles. The number of nitro groups is 1. The highest BCUT2D eigenvalue weighted by Crippen LogP contribution is 2.36. The number of barbiturate groups is 1. The molecule has 1 N–H and O–H groups in total. The van der Waals surface area contributed by atoms with E-state index in [9.17, 15) is 28.9 Å². The lowest BCUT2D eigenvalue weighted by atomic mass is 10.0. The molecule has 30 heavy (non-hydrogen) atoms. The van der Waals surface area contributed by atoms with E-state index < -0.39 is 39.8 Å². The Morgan fingerprint density at radius 2 is 1.77 bits per heavy atom. The van der Waals surface area contributed by atoms with E-state index in [4.69, 9.17) is 9.47 Å². The van der Waals surface area contributed by atoms with Crippen molar-refractivity contribution < 1.29 is 33.2 Å². The minimum atomic E-state index is -1.07. The van der Waals surface area contributed by atoms with E-state index in [-0.39, 0.29) is 22.7 Å². The summed E-state index contributed by atoms with van der Waals surface area (Å²) in [6, 6.07) is 5.85. The lowest BCUT2D eigenvalue weighted by molar-refractivity contribution is -0.385. The minimum absolute atomic E-state index is 0.0716. The quantitative estimate of drug-likeness (QED) is 0.344. The number of benzene rings is 2. The fraction of sp³-hybridized carbons (Fsp3) is 0.105. The molecule has 0 saturated carbocycles. The van der Waals surface area contributed by atoms with Gasteiger partial charge in [-0.1, -0.05) is 6.07 Å². The van der Waals surface area contributed by atoms with Gasteiger partial charge in [0.2, 0.25) is 0 Å². The van der Waals surface area contributed by atoms with Gasteiger partial charge in [0.25, 0.3) is 17.5 Å². The van der Waals surface area contributed by atoms with Gasteiger partial charge in [0.1, 0.15) is 11.4 Å². The van der Waals surface area contributed by atoms with Crippen molar-refractivity contribution in [1.29, 1.82) is 0 Å². The fourth-order valence-corrected chi connectivity index (χ4v) is 2.82. The lowest BCUT2D eigenvalue weighted by Crippen LogP contribution is -2.54. The number of carbonyl (C=O) groups is 3. The normalized spacial score (nSPS) is 15.2. The van der Waals surface area contributed by atoms with Gasteiger partial charge in [-0.3, -0.25) is 25.0 Å². The van der Waals surface area contributed by atoms with E-state index in [1.165, 1.54) is 32.4 Å². The summed E-state index contributed by atoms with van der Waals surface area (Å²) < 4.78 is 23.7. The maximum absolute atomic E-state index is 13.5. The third kappa shape index (κ3) is 3.68. The van der Waals surface area contributed by atoms with Crippen LogP contribution >= 0.6 is 0 Å². The van der Waals surface area contributed by atoms with Crippen molar-refractivity contribution in [1.82, 2.24) is 5.32 Å². The Labute approximate surface area is 168 Å². The summed E-state index contributed by atoms with van der Waals surface area (Å²) in [4.78, 5) is 48.6. The summed E-state index contributed by atoms with van der Waals surface area (Å²) in [5.74, 6) is -2.63. The average molecular weight is 415 g/mol. The Morgan fingerprint density at radius 1 is 1.10 bits per heavy atom. The number of hydrogen-bond donors (Lipinski definition) is 1. The molecular formula is C19H14FN3O7. The zero-order chi connectivity index (χ0) is 22.0. The summed E-state index contributed by atoms with van der Waals surface area (Å²) in [5, 5.41) is 13.4. The SMILES string of the molecule is COc1cc(/C=C2\C(=O)NC(=O)N(c3cccc(F)c3)C2=O)c([N+](=O)[O-])cc1OC. The van der Waals surface area contributed by atoms with Crippen LogP contribution in [0.3, 0.4) is 0 Å². The van der Waals surface area contributed by atoms with Crippen molar-refractivity contribution in [2.24, 2.45) is 0 Å². The predicted molar refractivity (Wildman–Crippen MR) is 102 cm³/mol. The Balaban J connectivity index is 2.14. The Bertz CT molecular complexity index is 1110. The molecule has 0 unspecified atom stereocenters. The third-order valence-corrected chi connectivity index (χ3v) is 4.20. The minimum Gasteiger partial charge on any atom is -0.493 e. The first-order chi connectivity index (χ1) is 14.3. The van der Waals surface area contributed by atoms with Gasteiger partial charge in [-0.2, -0.15) is 0 Å². The van der Waals surface area contributed by atoms with Crippen molar-refractivity contribution in [3.8, 4) is 11.5 Å². The molecule has 154 valence electrons.